The number of carbonyl (C=O) groups excluding carboxylic acids is 1. The Kier molecular flexibility index (Phi) is 2.25. The minimum atomic E-state index is -0.408. The average Bonchev–Trinajstić information content (AvgIpc) is 2.71. The van der Waals surface area contributed by atoms with Crippen molar-refractivity contribution in [1.82, 2.24) is 10.2 Å². The molecule has 3 N–H and O–H groups in total. The number of H-pyrrole nitrogens is 1. The highest BCUT2D eigenvalue weighted by Crippen LogP contribution is 2.19. The molecule has 0 saturated heterocycles. The van der Waals surface area contributed by atoms with E-state index >= 15 is 0 Å². The summed E-state index contributed by atoms with van der Waals surface area (Å²) in [4.78, 5) is 11.1. The fourth-order valence-electron chi connectivity index (χ4n) is 1.47. The molecule has 1 aromatic heterocycles. The molecular weight excluding hydrogens is 190 g/mol. The first kappa shape index (κ1) is 9.45. The Balaban J connectivity index is 2.52. The standard InChI is InChI=1S/C11H11N3O/c1-7-2-3-8(6-9(7)11(12)15)10-4-5-13-14-10/h2-6H,1H3,(H2,12,15)(H,13,14). The van der Waals surface area contributed by atoms with Crippen LogP contribution in [-0.4, -0.2) is 16.1 Å². The van der Waals surface area contributed by atoms with Gasteiger partial charge in [-0.15, -0.1) is 0 Å². The third-order valence-corrected chi connectivity index (χ3v) is 2.31. The van der Waals surface area contributed by atoms with Crippen LogP contribution >= 0.6 is 0 Å². The molecule has 1 aromatic carbocycles. The van der Waals surface area contributed by atoms with Gasteiger partial charge >= 0.3 is 0 Å². The van der Waals surface area contributed by atoms with Crippen LogP contribution in [0.15, 0.2) is 30.5 Å². The molecule has 0 aliphatic rings. The summed E-state index contributed by atoms with van der Waals surface area (Å²) in [5, 5.41) is 6.69. The first-order valence-electron chi connectivity index (χ1n) is 4.58. The SMILES string of the molecule is Cc1ccc(-c2ccn[nH]2)cc1C(N)=O. The average molecular weight is 201 g/mol. The summed E-state index contributed by atoms with van der Waals surface area (Å²) in [7, 11) is 0. The van der Waals surface area contributed by atoms with E-state index in [2.05, 4.69) is 10.2 Å². The molecule has 4 heteroatoms. The molecule has 76 valence electrons. The fraction of sp³-hybridized carbons (Fsp3) is 0.0909. The third-order valence-electron chi connectivity index (χ3n) is 2.31. The largest absolute Gasteiger partial charge is 0.366 e. The third kappa shape index (κ3) is 1.74. The number of nitrogens with one attached hydrogen (secondary N) is 1. The van der Waals surface area contributed by atoms with Crippen LogP contribution in [0.4, 0.5) is 0 Å². The summed E-state index contributed by atoms with van der Waals surface area (Å²) in [5.41, 5.74) is 8.48. The molecule has 0 aliphatic heterocycles. The molecule has 2 aromatic rings. The second-order valence-electron chi connectivity index (χ2n) is 3.36. The van der Waals surface area contributed by atoms with Crippen molar-refractivity contribution in [3.05, 3.63) is 41.6 Å². The van der Waals surface area contributed by atoms with Crippen LogP contribution < -0.4 is 5.73 Å². The second-order valence-corrected chi connectivity index (χ2v) is 3.36. The van der Waals surface area contributed by atoms with E-state index in [1.165, 1.54) is 0 Å². The zero-order chi connectivity index (χ0) is 10.8. The maximum Gasteiger partial charge on any atom is 0.248 e. The van der Waals surface area contributed by atoms with Gasteiger partial charge in [0.1, 0.15) is 0 Å². The molecule has 4 nitrogen and oxygen atoms in total. The Bertz CT molecular complexity index is 489. The number of aromatic amines is 1. The number of benzene rings is 1. The maximum absolute atomic E-state index is 11.1. The Morgan fingerprint density at radius 1 is 1.40 bits per heavy atom. The maximum atomic E-state index is 11.1. The van der Waals surface area contributed by atoms with Gasteiger partial charge < -0.3 is 5.73 Å². The molecule has 0 aliphatic carbocycles. The lowest BCUT2D eigenvalue weighted by atomic mass is 10.0. The molecule has 2 rings (SSSR count). The van der Waals surface area contributed by atoms with E-state index in [9.17, 15) is 4.79 Å². The summed E-state index contributed by atoms with van der Waals surface area (Å²) >= 11 is 0. The lowest BCUT2D eigenvalue weighted by molar-refractivity contribution is 0.1000. The Morgan fingerprint density at radius 3 is 2.80 bits per heavy atom. The number of nitrogens with two attached hydrogens (primary N) is 1. The topological polar surface area (TPSA) is 71.8 Å². The minimum absolute atomic E-state index is 0.408. The Hall–Kier alpha value is -2.10. The number of hydrogen-bond donors (Lipinski definition) is 2. The predicted molar refractivity (Wildman–Crippen MR) is 57.3 cm³/mol. The van der Waals surface area contributed by atoms with Crippen LogP contribution in [0.1, 0.15) is 15.9 Å². The molecule has 0 saturated carbocycles. The van der Waals surface area contributed by atoms with Crippen LogP contribution in [0, 0.1) is 6.92 Å². The fourth-order valence-corrected chi connectivity index (χ4v) is 1.47. The zero-order valence-corrected chi connectivity index (χ0v) is 8.32. The predicted octanol–water partition coefficient (Wildman–Crippen LogP) is 1.48. The second kappa shape index (κ2) is 3.57. The van der Waals surface area contributed by atoms with E-state index in [0.717, 1.165) is 16.8 Å². The minimum Gasteiger partial charge on any atom is -0.366 e. The van der Waals surface area contributed by atoms with Crippen molar-refractivity contribution >= 4 is 5.91 Å². The molecule has 0 atom stereocenters. The van der Waals surface area contributed by atoms with Crippen molar-refractivity contribution < 1.29 is 4.79 Å². The van der Waals surface area contributed by atoms with Gasteiger partial charge in [-0.2, -0.15) is 5.10 Å². The first-order valence-corrected chi connectivity index (χ1v) is 4.58. The summed E-state index contributed by atoms with van der Waals surface area (Å²) in [6.45, 7) is 1.86. The van der Waals surface area contributed by atoms with Gasteiger partial charge in [0.2, 0.25) is 5.91 Å². The molecule has 1 heterocycles. The van der Waals surface area contributed by atoms with Gasteiger partial charge in [0.05, 0.1) is 5.69 Å². The van der Waals surface area contributed by atoms with Gasteiger partial charge in [0.15, 0.2) is 0 Å². The summed E-state index contributed by atoms with van der Waals surface area (Å²) < 4.78 is 0. The number of amides is 1. The highest BCUT2D eigenvalue weighted by atomic mass is 16.1. The van der Waals surface area contributed by atoms with E-state index in [1.807, 2.05) is 25.1 Å². The van der Waals surface area contributed by atoms with E-state index in [-0.39, 0.29) is 0 Å². The number of aromatic nitrogens is 2. The van der Waals surface area contributed by atoms with Crippen LogP contribution in [0.2, 0.25) is 0 Å². The summed E-state index contributed by atoms with van der Waals surface area (Å²) in [6.07, 6.45) is 1.67. The van der Waals surface area contributed by atoms with Gasteiger partial charge in [-0.3, -0.25) is 9.89 Å². The van der Waals surface area contributed by atoms with Crippen LogP contribution in [0.25, 0.3) is 11.3 Å². The molecular formula is C11H11N3O. The molecule has 0 unspecified atom stereocenters. The number of carbonyl (C=O) groups is 1. The van der Waals surface area contributed by atoms with Crippen LogP contribution in [-0.2, 0) is 0 Å². The number of rotatable bonds is 2. The molecule has 1 amide bonds. The van der Waals surface area contributed by atoms with Crippen molar-refractivity contribution in [3.63, 3.8) is 0 Å². The lowest BCUT2D eigenvalue weighted by Gasteiger charge is -2.04. The van der Waals surface area contributed by atoms with Crippen molar-refractivity contribution in [2.75, 3.05) is 0 Å². The van der Waals surface area contributed by atoms with Gasteiger partial charge in [0, 0.05) is 17.3 Å². The molecule has 15 heavy (non-hydrogen) atoms. The number of nitrogens with zero attached hydrogens (tertiary/aromatic N) is 1. The first-order chi connectivity index (χ1) is 7.18. The van der Waals surface area contributed by atoms with Gasteiger partial charge in [-0.1, -0.05) is 12.1 Å². The van der Waals surface area contributed by atoms with Crippen molar-refractivity contribution in [2.24, 2.45) is 5.73 Å². The van der Waals surface area contributed by atoms with Gasteiger partial charge in [-0.25, -0.2) is 0 Å². The zero-order valence-electron chi connectivity index (χ0n) is 8.32. The van der Waals surface area contributed by atoms with E-state index in [4.69, 9.17) is 5.73 Å². The molecule has 0 fully saturated rings. The number of hydrogen-bond acceptors (Lipinski definition) is 2. The smallest absolute Gasteiger partial charge is 0.248 e. The number of aryl methyl sites for hydroxylation is 1. The van der Waals surface area contributed by atoms with Crippen molar-refractivity contribution in [3.8, 4) is 11.3 Å². The Labute approximate surface area is 87.1 Å². The van der Waals surface area contributed by atoms with Crippen molar-refractivity contribution in [2.45, 2.75) is 6.92 Å². The molecule has 0 bridgehead atoms. The van der Waals surface area contributed by atoms with E-state index < -0.39 is 5.91 Å². The lowest BCUT2D eigenvalue weighted by Crippen LogP contribution is -2.12. The quantitative estimate of drug-likeness (QED) is 0.772. The summed E-state index contributed by atoms with van der Waals surface area (Å²) in [5.74, 6) is -0.408. The van der Waals surface area contributed by atoms with Crippen LogP contribution in [0.3, 0.4) is 0 Å². The highest BCUT2D eigenvalue weighted by molar-refractivity contribution is 5.95. The highest BCUT2D eigenvalue weighted by Gasteiger charge is 2.07. The van der Waals surface area contributed by atoms with E-state index in [0.29, 0.717) is 5.56 Å². The molecule has 0 radical (unpaired) electrons. The monoisotopic (exact) mass is 201 g/mol. The normalized spacial score (nSPS) is 10.2. The molecule has 0 spiro atoms. The van der Waals surface area contributed by atoms with Crippen LogP contribution in [0.5, 0.6) is 0 Å². The van der Waals surface area contributed by atoms with Gasteiger partial charge in [0.25, 0.3) is 0 Å². The number of primary amides is 1. The van der Waals surface area contributed by atoms with E-state index in [1.54, 1.807) is 12.3 Å². The van der Waals surface area contributed by atoms with Crippen molar-refractivity contribution in [1.29, 1.82) is 0 Å². The Morgan fingerprint density at radius 2 is 2.20 bits per heavy atom. The summed E-state index contributed by atoms with van der Waals surface area (Å²) in [6, 6.07) is 7.41. The van der Waals surface area contributed by atoms with Gasteiger partial charge in [-0.05, 0) is 24.6 Å².